The molecule has 0 bridgehead atoms. The zero-order valence-electron chi connectivity index (χ0n) is 11.9. The average Bonchev–Trinajstić information content (AvgIpc) is 2.42. The molecule has 2 aromatic carbocycles. The van der Waals surface area contributed by atoms with E-state index in [0.717, 1.165) is 12.1 Å². The van der Waals surface area contributed by atoms with Crippen molar-refractivity contribution in [2.75, 3.05) is 0 Å². The molecule has 0 amide bonds. The number of benzene rings is 2. The van der Waals surface area contributed by atoms with E-state index >= 15 is 0 Å². The fraction of sp³-hybridized carbons (Fsp3) is 0.200. The highest BCUT2D eigenvalue weighted by molar-refractivity contribution is 5.85. The van der Waals surface area contributed by atoms with Crippen LogP contribution in [0.2, 0.25) is 0 Å². The number of hydrogen-bond acceptors (Lipinski definition) is 3. The molecule has 2 rings (SSSR count). The molecule has 0 fully saturated rings. The zero-order chi connectivity index (χ0) is 16.5. The lowest BCUT2D eigenvalue weighted by Crippen LogP contribution is -2.17. The average molecular weight is 352 g/mol. The zero-order valence-corrected chi connectivity index (χ0v) is 12.7. The topological polar surface area (TPSA) is 55.5 Å². The van der Waals surface area contributed by atoms with E-state index in [2.05, 4.69) is 4.74 Å². The monoisotopic (exact) mass is 351 g/mol. The Morgan fingerprint density at radius 2 is 1.65 bits per heavy atom. The number of hydrogen-bond donors (Lipinski definition) is 2. The quantitative estimate of drug-likeness (QED) is 0.814. The largest absolute Gasteiger partial charge is 0.573 e. The van der Waals surface area contributed by atoms with E-state index in [9.17, 15) is 22.7 Å². The van der Waals surface area contributed by atoms with Gasteiger partial charge in [-0.25, -0.2) is 4.39 Å². The van der Waals surface area contributed by atoms with Gasteiger partial charge in [-0.15, -0.1) is 25.6 Å². The minimum atomic E-state index is -4.79. The lowest BCUT2D eigenvalue weighted by molar-refractivity contribution is -0.274. The predicted octanol–water partition coefficient (Wildman–Crippen LogP) is 4.21. The van der Waals surface area contributed by atoms with Crippen LogP contribution in [-0.2, 0) is 0 Å². The van der Waals surface area contributed by atoms with Gasteiger partial charge in [-0.05, 0) is 36.2 Å². The summed E-state index contributed by atoms with van der Waals surface area (Å²) in [5, 5.41) is 9.92. The summed E-state index contributed by atoms with van der Waals surface area (Å²) >= 11 is 0. The van der Waals surface area contributed by atoms with E-state index in [4.69, 9.17) is 5.73 Å². The summed E-state index contributed by atoms with van der Waals surface area (Å²) in [6, 6.07) is 6.28. The maximum Gasteiger partial charge on any atom is 0.573 e. The number of nitrogens with two attached hydrogens (primary N) is 1. The third-order valence-corrected chi connectivity index (χ3v) is 3.15. The van der Waals surface area contributed by atoms with E-state index in [0.29, 0.717) is 11.1 Å². The second-order valence-corrected chi connectivity index (χ2v) is 4.72. The van der Waals surface area contributed by atoms with Crippen molar-refractivity contribution < 1.29 is 27.4 Å². The molecule has 8 heteroatoms. The Morgan fingerprint density at radius 1 is 1.09 bits per heavy atom. The second-order valence-electron chi connectivity index (χ2n) is 4.72. The summed E-state index contributed by atoms with van der Waals surface area (Å²) in [6.07, 6.45) is -4.79. The van der Waals surface area contributed by atoms with Crippen LogP contribution in [-0.4, -0.2) is 11.5 Å². The molecular weight excluding hydrogens is 338 g/mol. The maximum absolute atomic E-state index is 13.9. The normalized spacial score (nSPS) is 12.4. The van der Waals surface area contributed by atoms with Crippen LogP contribution in [0.3, 0.4) is 0 Å². The van der Waals surface area contributed by atoms with Gasteiger partial charge in [0.05, 0.1) is 11.6 Å². The van der Waals surface area contributed by atoms with E-state index in [1.807, 2.05) is 0 Å². The number of alkyl halides is 3. The summed E-state index contributed by atoms with van der Waals surface area (Å²) in [4.78, 5) is 0. The third kappa shape index (κ3) is 4.49. The molecule has 3 N–H and O–H groups in total. The minimum Gasteiger partial charge on any atom is -0.507 e. The molecule has 2 aromatic rings. The highest BCUT2D eigenvalue weighted by Gasteiger charge is 2.31. The molecule has 0 aliphatic carbocycles. The fourth-order valence-corrected chi connectivity index (χ4v) is 2.03. The summed E-state index contributed by atoms with van der Waals surface area (Å²) in [6.45, 7) is 1.59. The van der Waals surface area contributed by atoms with Crippen molar-refractivity contribution in [1.82, 2.24) is 0 Å². The number of aryl methyl sites for hydroxylation is 1. The molecular formula is C15H14ClF4NO2. The van der Waals surface area contributed by atoms with Gasteiger partial charge < -0.3 is 15.6 Å². The van der Waals surface area contributed by atoms with Gasteiger partial charge in [0, 0.05) is 0 Å². The molecule has 0 saturated carbocycles. The Morgan fingerprint density at radius 3 is 2.17 bits per heavy atom. The van der Waals surface area contributed by atoms with E-state index in [1.54, 1.807) is 6.92 Å². The summed E-state index contributed by atoms with van der Waals surface area (Å²) in [7, 11) is 0. The molecule has 0 aromatic heterocycles. The summed E-state index contributed by atoms with van der Waals surface area (Å²) in [5.74, 6) is -1.37. The molecule has 23 heavy (non-hydrogen) atoms. The molecule has 0 radical (unpaired) electrons. The van der Waals surface area contributed by atoms with Crippen LogP contribution < -0.4 is 10.5 Å². The second kappa shape index (κ2) is 7.06. The standard InChI is InChI=1S/C15H13F4NO2.ClH/c1-8-2-7-11(16)12(14(8)21)13(20)9-3-5-10(6-4-9)22-15(17,18)19;/h2-7,13,21H,20H2,1H3;1H/t13-;/m0./s1. The van der Waals surface area contributed by atoms with Crippen molar-refractivity contribution >= 4 is 12.4 Å². The predicted molar refractivity (Wildman–Crippen MR) is 79.2 cm³/mol. The van der Waals surface area contributed by atoms with Crippen molar-refractivity contribution in [3.63, 3.8) is 0 Å². The van der Waals surface area contributed by atoms with Crippen LogP contribution >= 0.6 is 12.4 Å². The number of aromatic hydroxyl groups is 1. The maximum atomic E-state index is 13.9. The van der Waals surface area contributed by atoms with Crippen molar-refractivity contribution in [3.8, 4) is 11.5 Å². The molecule has 0 aliphatic rings. The Bertz CT molecular complexity index is 674. The number of phenolic OH excluding ortho intramolecular Hbond substituents is 1. The van der Waals surface area contributed by atoms with Crippen LogP contribution in [0.25, 0.3) is 0 Å². The van der Waals surface area contributed by atoms with Crippen LogP contribution in [0.1, 0.15) is 22.7 Å². The first-order chi connectivity index (χ1) is 10.2. The van der Waals surface area contributed by atoms with Crippen molar-refractivity contribution in [2.24, 2.45) is 5.73 Å². The van der Waals surface area contributed by atoms with Crippen LogP contribution in [0.5, 0.6) is 11.5 Å². The van der Waals surface area contributed by atoms with Crippen molar-refractivity contribution in [2.45, 2.75) is 19.3 Å². The smallest absolute Gasteiger partial charge is 0.507 e. The molecule has 126 valence electrons. The van der Waals surface area contributed by atoms with Crippen LogP contribution in [0.4, 0.5) is 17.6 Å². The van der Waals surface area contributed by atoms with Gasteiger partial charge in [-0.1, -0.05) is 18.2 Å². The highest BCUT2D eigenvalue weighted by atomic mass is 35.5. The molecule has 3 nitrogen and oxygen atoms in total. The number of rotatable bonds is 3. The lowest BCUT2D eigenvalue weighted by Gasteiger charge is -2.17. The molecule has 1 atom stereocenters. The first kappa shape index (κ1) is 19.1. The lowest BCUT2D eigenvalue weighted by atomic mass is 9.96. The molecule has 0 aliphatic heterocycles. The Hall–Kier alpha value is -1.99. The number of ether oxygens (including phenoxy) is 1. The van der Waals surface area contributed by atoms with Gasteiger partial charge in [-0.2, -0.15) is 0 Å². The third-order valence-electron chi connectivity index (χ3n) is 3.15. The SMILES string of the molecule is Cc1ccc(F)c([C@@H](N)c2ccc(OC(F)(F)F)cc2)c1O.Cl. The Labute approximate surface area is 136 Å². The number of phenols is 1. The highest BCUT2D eigenvalue weighted by Crippen LogP contribution is 2.33. The van der Waals surface area contributed by atoms with Gasteiger partial charge >= 0.3 is 6.36 Å². The van der Waals surface area contributed by atoms with E-state index in [1.165, 1.54) is 24.3 Å². The van der Waals surface area contributed by atoms with Crippen LogP contribution in [0.15, 0.2) is 36.4 Å². The van der Waals surface area contributed by atoms with Gasteiger partial charge in [0.2, 0.25) is 0 Å². The van der Waals surface area contributed by atoms with Gasteiger partial charge in [0.1, 0.15) is 17.3 Å². The number of halogens is 5. The first-order valence-electron chi connectivity index (χ1n) is 6.28. The van der Waals surface area contributed by atoms with Crippen molar-refractivity contribution in [3.05, 3.63) is 58.9 Å². The molecule has 0 saturated heterocycles. The molecule has 0 spiro atoms. The summed E-state index contributed by atoms with van der Waals surface area (Å²) in [5.41, 5.74) is 6.58. The van der Waals surface area contributed by atoms with Crippen molar-refractivity contribution in [1.29, 1.82) is 0 Å². The van der Waals surface area contributed by atoms with E-state index in [-0.39, 0.29) is 23.7 Å². The Kier molecular flexibility index (Phi) is 5.85. The Balaban J connectivity index is 0.00000264. The first-order valence-corrected chi connectivity index (χ1v) is 6.28. The van der Waals surface area contributed by atoms with Gasteiger partial charge in [0.15, 0.2) is 0 Å². The van der Waals surface area contributed by atoms with Gasteiger partial charge in [-0.3, -0.25) is 0 Å². The molecule has 0 unspecified atom stereocenters. The molecule has 0 heterocycles. The summed E-state index contributed by atoms with van der Waals surface area (Å²) < 4.78 is 53.9. The minimum absolute atomic E-state index is 0. The fourth-order valence-electron chi connectivity index (χ4n) is 2.03. The van der Waals surface area contributed by atoms with Crippen LogP contribution in [0, 0.1) is 12.7 Å². The van der Waals surface area contributed by atoms with E-state index < -0.39 is 24.0 Å². The van der Waals surface area contributed by atoms with Gasteiger partial charge in [0.25, 0.3) is 0 Å².